The zero-order valence-corrected chi connectivity index (χ0v) is 16.0. The van der Waals surface area contributed by atoms with Gasteiger partial charge in [-0.05, 0) is 81.0 Å². The van der Waals surface area contributed by atoms with Gasteiger partial charge in [0.15, 0.2) is 0 Å². The van der Waals surface area contributed by atoms with Gasteiger partial charge in [0.2, 0.25) is 0 Å². The number of unbranched alkanes of at least 4 members (excludes halogenated alkanes) is 2. The SMILES string of the molecule is CCCCCC12CCC([C@H]3CC[C@H](CCC)C(F)(F)C3)(CC1)CC2. The molecule has 0 amide bonds. The van der Waals surface area contributed by atoms with Crippen LogP contribution in [0.5, 0.6) is 0 Å². The first-order valence-electron chi connectivity index (χ1n) is 10.8. The van der Waals surface area contributed by atoms with Gasteiger partial charge in [0, 0.05) is 12.3 Å². The van der Waals surface area contributed by atoms with E-state index in [4.69, 9.17) is 0 Å². The fraction of sp³-hybridized carbons (Fsp3) is 1.00. The first kappa shape index (κ1) is 18.6. The molecule has 0 aromatic carbocycles. The Morgan fingerprint density at radius 1 is 0.833 bits per heavy atom. The van der Waals surface area contributed by atoms with Gasteiger partial charge in [-0.25, -0.2) is 8.78 Å². The van der Waals surface area contributed by atoms with Crippen LogP contribution in [0.3, 0.4) is 0 Å². The monoisotopic (exact) mass is 340 g/mol. The molecule has 0 N–H and O–H groups in total. The lowest BCUT2D eigenvalue weighted by atomic mass is 9.47. The van der Waals surface area contributed by atoms with Crippen molar-refractivity contribution in [3.8, 4) is 0 Å². The van der Waals surface area contributed by atoms with Crippen LogP contribution in [0.15, 0.2) is 0 Å². The fourth-order valence-corrected chi connectivity index (χ4v) is 6.47. The number of hydrogen-bond acceptors (Lipinski definition) is 0. The van der Waals surface area contributed by atoms with Crippen molar-refractivity contribution >= 4 is 0 Å². The summed E-state index contributed by atoms with van der Waals surface area (Å²) in [4.78, 5) is 0. The zero-order valence-electron chi connectivity index (χ0n) is 16.0. The van der Waals surface area contributed by atoms with E-state index in [0.29, 0.717) is 17.8 Å². The molecule has 0 aliphatic heterocycles. The van der Waals surface area contributed by atoms with Crippen LogP contribution in [0.4, 0.5) is 8.78 Å². The second kappa shape index (κ2) is 7.23. The molecular weight excluding hydrogens is 302 g/mol. The Morgan fingerprint density at radius 3 is 2.04 bits per heavy atom. The zero-order chi connectivity index (χ0) is 17.3. The van der Waals surface area contributed by atoms with Crippen molar-refractivity contribution in [3.63, 3.8) is 0 Å². The molecule has 4 rings (SSSR count). The fourth-order valence-electron chi connectivity index (χ4n) is 6.47. The summed E-state index contributed by atoms with van der Waals surface area (Å²) in [6.07, 6.45) is 16.8. The van der Waals surface area contributed by atoms with E-state index in [1.165, 1.54) is 64.2 Å². The summed E-state index contributed by atoms with van der Waals surface area (Å²) >= 11 is 0. The maximum atomic E-state index is 14.7. The quantitative estimate of drug-likeness (QED) is 0.415. The third-order valence-corrected chi connectivity index (χ3v) is 8.25. The highest BCUT2D eigenvalue weighted by molar-refractivity contribution is 5.04. The van der Waals surface area contributed by atoms with Gasteiger partial charge in [-0.15, -0.1) is 0 Å². The molecule has 4 aliphatic carbocycles. The second-order valence-electron chi connectivity index (χ2n) is 9.54. The van der Waals surface area contributed by atoms with E-state index in [0.717, 1.165) is 19.3 Å². The molecule has 4 saturated carbocycles. The largest absolute Gasteiger partial charge is 0.251 e. The molecule has 2 atom stereocenters. The van der Waals surface area contributed by atoms with E-state index in [2.05, 4.69) is 6.92 Å². The number of rotatable bonds is 7. The van der Waals surface area contributed by atoms with Gasteiger partial charge in [0.05, 0.1) is 0 Å². The molecule has 4 aliphatic rings. The van der Waals surface area contributed by atoms with E-state index in [-0.39, 0.29) is 17.8 Å². The molecule has 140 valence electrons. The standard InChI is InChI=1S/C22H38F2/c1-3-5-6-10-20-11-14-21(15-12-20,16-13-20)19-9-8-18(7-4-2)22(23,24)17-19/h18-19H,3-17H2,1-2H3/t18-,19-,20?,21?/m0/s1. The van der Waals surface area contributed by atoms with Crippen molar-refractivity contribution in [2.24, 2.45) is 22.7 Å². The van der Waals surface area contributed by atoms with Crippen molar-refractivity contribution < 1.29 is 8.78 Å². The highest BCUT2D eigenvalue weighted by Crippen LogP contribution is 2.64. The van der Waals surface area contributed by atoms with E-state index in [1.807, 2.05) is 6.92 Å². The molecule has 0 heterocycles. The minimum atomic E-state index is -2.40. The van der Waals surface area contributed by atoms with Gasteiger partial charge in [-0.1, -0.05) is 39.5 Å². The Bertz CT molecular complexity index is 390. The Hall–Kier alpha value is -0.140. The summed E-state index contributed by atoms with van der Waals surface area (Å²) in [6, 6.07) is 0. The van der Waals surface area contributed by atoms with E-state index in [9.17, 15) is 8.78 Å². The molecule has 0 aromatic heterocycles. The maximum Gasteiger partial charge on any atom is 0.251 e. The number of fused-ring (bicyclic) bond motifs is 3. The minimum Gasteiger partial charge on any atom is -0.207 e. The smallest absolute Gasteiger partial charge is 0.207 e. The average Bonchev–Trinajstić information content (AvgIpc) is 2.58. The average molecular weight is 341 g/mol. The Kier molecular flexibility index (Phi) is 5.62. The minimum absolute atomic E-state index is 0.195. The van der Waals surface area contributed by atoms with E-state index >= 15 is 0 Å². The van der Waals surface area contributed by atoms with Crippen LogP contribution < -0.4 is 0 Å². The molecular formula is C22H38F2. The normalized spacial score (nSPS) is 41.5. The molecule has 0 aromatic rings. The highest BCUT2D eigenvalue weighted by atomic mass is 19.3. The molecule has 0 unspecified atom stereocenters. The van der Waals surface area contributed by atoms with Crippen LogP contribution in [0.2, 0.25) is 0 Å². The summed E-state index contributed by atoms with van der Waals surface area (Å²) in [5.74, 6) is -2.44. The predicted octanol–water partition coefficient (Wildman–Crippen LogP) is 7.76. The highest BCUT2D eigenvalue weighted by Gasteiger charge is 2.55. The van der Waals surface area contributed by atoms with Gasteiger partial charge in [-0.3, -0.25) is 0 Å². The first-order chi connectivity index (χ1) is 11.5. The topological polar surface area (TPSA) is 0 Å². The van der Waals surface area contributed by atoms with Crippen molar-refractivity contribution in [2.45, 2.75) is 116 Å². The maximum absolute atomic E-state index is 14.7. The van der Waals surface area contributed by atoms with E-state index < -0.39 is 5.92 Å². The van der Waals surface area contributed by atoms with Crippen LogP contribution >= 0.6 is 0 Å². The lowest BCUT2D eigenvalue weighted by molar-refractivity contribution is -0.147. The molecule has 24 heavy (non-hydrogen) atoms. The van der Waals surface area contributed by atoms with Crippen LogP contribution in [0.1, 0.15) is 110 Å². The van der Waals surface area contributed by atoms with Crippen LogP contribution in [0.25, 0.3) is 0 Å². The Balaban J connectivity index is 1.60. The number of alkyl halides is 2. The summed E-state index contributed by atoms with van der Waals surface area (Å²) < 4.78 is 29.3. The third kappa shape index (κ3) is 3.54. The van der Waals surface area contributed by atoms with Crippen LogP contribution in [0, 0.1) is 22.7 Å². The predicted molar refractivity (Wildman–Crippen MR) is 97.4 cm³/mol. The summed E-state index contributed by atoms with van der Waals surface area (Å²) in [5, 5.41) is 0. The molecule has 0 saturated heterocycles. The Labute approximate surface area is 148 Å². The second-order valence-corrected chi connectivity index (χ2v) is 9.54. The van der Waals surface area contributed by atoms with Crippen molar-refractivity contribution in [1.29, 1.82) is 0 Å². The van der Waals surface area contributed by atoms with Gasteiger partial charge in [0.1, 0.15) is 0 Å². The van der Waals surface area contributed by atoms with Gasteiger partial charge in [0.25, 0.3) is 5.92 Å². The van der Waals surface area contributed by atoms with Gasteiger partial charge < -0.3 is 0 Å². The number of halogens is 2. The van der Waals surface area contributed by atoms with E-state index in [1.54, 1.807) is 0 Å². The van der Waals surface area contributed by atoms with Crippen molar-refractivity contribution in [1.82, 2.24) is 0 Å². The molecule has 0 spiro atoms. The molecule has 0 radical (unpaired) electrons. The lowest BCUT2D eigenvalue weighted by Crippen LogP contribution is -2.49. The molecule has 4 fully saturated rings. The lowest BCUT2D eigenvalue weighted by Gasteiger charge is -2.58. The molecule has 2 bridgehead atoms. The van der Waals surface area contributed by atoms with Gasteiger partial charge in [-0.2, -0.15) is 0 Å². The summed E-state index contributed by atoms with van der Waals surface area (Å²) in [7, 11) is 0. The Morgan fingerprint density at radius 2 is 1.50 bits per heavy atom. The third-order valence-electron chi connectivity index (χ3n) is 8.25. The van der Waals surface area contributed by atoms with Crippen molar-refractivity contribution in [3.05, 3.63) is 0 Å². The van der Waals surface area contributed by atoms with Gasteiger partial charge >= 0.3 is 0 Å². The molecule has 2 heteroatoms. The van der Waals surface area contributed by atoms with Crippen molar-refractivity contribution in [2.75, 3.05) is 0 Å². The first-order valence-corrected chi connectivity index (χ1v) is 10.8. The van der Waals surface area contributed by atoms with Crippen LogP contribution in [-0.2, 0) is 0 Å². The summed E-state index contributed by atoms with van der Waals surface area (Å²) in [5.41, 5.74) is 0.881. The van der Waals surface area contributed by atoms with Crippen LogP contribution in [-0.4, -0.2) is 5.92 Å². The number of hydrogen-bond donors (Lipinski definition) is 0. The summed E-state index contributed by atoms with van der Waals surface area (Å²) in [6.45, 7) is 4.32. The molecule has 0 nitrogen and oxygen atoms in total.